The van der Waals surface area contributed by atoms with Crippen LogP contribution in [0.15, 0.2) is 104 Å². The van der Waals surface area contributed by atoms with Crippen molar-refractivity contribution in [2.24, 2.45) is 7.05 Å². The number of benzene rings is 3. The van der Waals surface area contributed by atoms with Gasteiger partial charge in [0, 0.05) is 39.2 Å². The first kappa shape index (κ1) is 28.8. The fourth-order valence-corrected chi connectivity index (χ4v) is 5.74. The summed E-state index contributed by atoms with van der Waals surface area (Å²) < 4.78 is 3.42. The van der Waals surface area contributed by atoms with Crippen LogP contribution in [0.2, 0.25) is 0 Å². The molecule has 3 aromatic carbocycles. The summed E-state index contributed by atoms with van der Waals surface area (Å²) in [4.78, 5) is 36.2. The molecule has 0 fully saturated rings. The predicted molar refractivity (Wildman–Crippen MR) is 168 cm³/mol. The SMILES string of the molecule is Cc1cc(C=CC(=O)N(Cc2ccc(-n3cncn3)cc2)C(Cc2ccccc2)C(=O)N2CCc3ccccc3C2)n(C)n1. The van der Waals surface area contributed by atoms with E-state index in [0.717, 1.165) is 40.2 Å². The monoisotopic (exact) mass is 585 g/mol. The van der Waals surface area contributed by atoms with Crippen molar-refractivity contribution in [2.75, 3.05) is 6.54 Å². The minimum atomic E-state index is -0.705. The average Bonchev–Trinajstić information content (AvgIpc) is 3.71. The number of fused-ring (bicyclic) bond motifs is 1. The van der Waals surface area contributed by atoms with Crippen LogP contribution in [-0.2, 0) is 42.6 Å². The number of hydrogen-bond acceptors (Lipinski definition) is 5. The molecule has 222 valence electrons. The Morgan fingerprint density at radius 1 is 0.955 bits per heavy atom. The molecule has 0 spiro atoms. The van der Waals surface area contributed by atoms with Crippen LogP contribution in [-0.4, -0.2) is 58.7 Å². The van der Waals surface area contributed by atoms with Crippen molar-refractivity contribution in [1.82, 2.24) is 34.3 Å². The second-order valence-corrected chi connectivity index (χ2v) is 11.1. The van der Waals surface area contributed by atoms with Crippen LogP contribution in [0.5, 0.6) is 0 Å². The molecule has 0 saturated carbocycles. The third kappa shape index (κ3) is 6.52. The van der Waals surface area contributed by atoms with E-state index in [2.05, 4.69) is 27.3 Å². The molecular formula is C35H35N7O2. The number of rotatable bonds is 9. The van der Waals surface area contributed by atoms with Crippen molar-refractivity contribution in [2.45, 2.75) is 38.9 Å². The van der Waals surface area contributed by atoms with Gasteiger partial charge in [-0.1, -0.05) is 66.7 Å². The molecule has 0 aliphatic carbocycles. The van der Waals surface area contributed by atoms with Gasteiger partial charge in [-0.2, -0.15) is 10.2 Å². The van der Waals surface area contributed by atoms with Crippen molar-refractivity contribution in [3.63, 3.8) is 0 Å². The molecule has 0 bridgehead atoms. The summed E-state index contributed by atoms with van der Waals surface area (Å²) in [5.41, 5.74) is 6.86. The maximum Gasteiger partial charge on any atom is 0.247 e. The van der Waals surface area contributed by atoms with Gasteiger partial charge in [0.25, 0.3) is 0 Å². The fourth-order valence-electron chi connectivity index (χ4n) is 5.74. The van der Waals surface area contributed by atoms with E-state index in [4.69, 9.17) is 0 Å². The number of carbonyl (C=O) groups is 2. The van der Waals surface area contributed by atoms with Crippen LogP contribution in [0, 0.1) is 6.92 Å². The topological polar surface area (TPSA) is 89.1 Å². The van der Waals surface area contributed by atoms with Crippen LogP contribution >= 0.6 is 0 Å². The molecule has 1 aliphatic rings. The Hall–Kier alpha value is -5.31. The molecule has 0 saturated heterocycles. The molecule has 0 radical (unpaired) electrons. The minimum Gasteiger partial charge on any atom is -0.336 e. The Balaban J connectivity index is 1.35. The first-order valence-electron chi connectivity index (χ1n) is 14.8. The highest BCUT2D eigenvalue weighted by molar-refractivity contribution is 5.95. The van der Waals surface area contributed by atoms with Crippen LogP contribution in [0.4, 0.5) is 0 Å². The summed E-state index contributed by atoms with van der Waals surface area (Å²) >= 11 is 0. The maximum absolute atomic E-state index is 14.5. The van der Waals surface area contributed by atoms with E-state index < -0.39 is 6.04 Å². The van der Waals surface area contributed by atoms with E-state index in [1.807, 2.05) is 91.7 Å². The third-order valence-electron chi connectivity index (χ3n) is 8.07. The second kappa shape index (κ2) is 12.9. The van der Waals surface area contributed by atoms with Crippen molar-refractivity contribution in [1.29, 1.82) is 0 Å². The molecule has 6 rings (SSSR count). The summed E-state index contributed by atoms with van der Waals surface area (Å²) in [7, 11) is 1.85. The zero-order valence-corrected chi connectivity index (χ0v) is 25.0. The quantitative estimate of drug-likeness (QED) is 0.237. The van der Waals surface area contributed by atoms with E-state index in [9.17, 15) is 9.59 Å². The lowest BCUT2D eigenvalue weighted by Gasteiger charge is -2.37. The molecule has 1 unspecified atom stereocenters. The Kier molecular flexibility index (Phi) is 8.45. The van der Waals surface area contributed by atoms with E-state index in [0.29, 0.717) is 19.5 Å². The van der Waals surface area contributed by atoms with Gasteiger partial charge in [0.05, 0.1) is 17.1 Å². The number of nitrogens with zero attached hydrogens (tertiary/aromatic N) is 7. The highest BCUT2D eigenvalue weighted by Gasteiger charge is 2.34. The zero-order chi connectivity index (χ0) is 30.5. The zero-order valence-electron chi connectivity index (χ0n) is 25.0. The van der Waals surface area contributed by atoms with Gasteiger partial charge in [-0.15, -0.1) is 0 Å². The van der Waals surface area contributed by atoms with Gasteiger partial charge >= 0.3 is 0 Å². The lowest BCUT2D eigenvalue weighted by molar-refractivity contribution is -0.144. The lowest BCUT2D eigenvalue weighted by Crippen LogP contribution is -2.52. The number of aromatic nitrogens is 5. The number of carbonyl (C=O) groups excluding carboxylic acids is 2. The van der Waals surface area contributed by atoms with Gasteiger partial charge < -0.3 is 9.80 Å². The molecule has 3 heterocycles. The van der Waals surface area contributed by atoms with Crippen molar-refractivity contribution >= 4 is 17.9 Å². The van der Waals surface area contributed by atoms with E-state index in [-0.39, 0.29) is 18.4 Å². The smallest absolute Gasteiger partial charge is 0.247 e. The molecule has 44 heavy (non-hydrogen) atoms. The Bertz CT molecular complexity index is 1760. The minimum absolute atomic E-state index is 0.0549. The van der Waals surface area contributed by atoms with Crippen LogP contribution < -0.4 is 0 Å². The highest BCUT2D eigenvalue weighted by atomic mass is 16.2. The average molecular weight is 586 g/mol. The third-order valence-corrected chi connectivity index (χ3v) is 8.07. The first-order valence-corrected chi connectivity index (χ1v) is 14.8. The largest absolute Gasteiger partial charge is 0.336 e. The van der Waals surface area contributed by atoms with Crippen molar-refractivity contribution in [3.05, 3.63) is 137 Å². The number of amides is 2. The molecule has 0 N–H and O–H groups in total. The van der Waals surface area contributed by atoms with E-state index >= 15 is 0 Å². The standard InChI is InChI=1S/C35H35N7O2/c1-26-20-32(39(2)38-26)16-17-34(43)41(22-28-12-14-31(15-13-28)42-25-36-24-37-42)33(21-27-8-4-3-5-9-27)35(44)40-19-18-29-10-6-7-11-30(29)23-40/h3-17,20,24-25,33H,18-19,21-23H2,1-2H3. The lowest BCUT2D eigenvalue weighted by atomic mass is 9.97. The Labute approximate surface area is 257 Å². The second-order valence-electron chi connectivity index (χ2n) is 11.1. The van der Waals surface area contributed by atoms with Crippen molar-refractivity contribution in [3.8, 4) is 5.69 Å². The fraction of sp³-hybridized carbons (Fsp3) is 0.229. The number of aryl methyl sites for hydroxylation is 2. The van der Waals surface area contributed by atoms with Gasteiger partial charge in [-0.3, -0.25) is 14.3 Å². The predicted octanol–water partition coefficient (Wildman–Crippen LogP) is 4.55. The van der Waals surface area contributed by atoms with Gasteiger partial charge in [0.1, 0.15) is 18.7 Å². The summed E-state index contributed by atoms with van der Waals surface area (Å²) in [5, 5.41) is 8.61. The van der Waals surface area contributed by atoms with Crippen LogP contribution in [0.25, 0.3) is 11.8 Å². The molecule has 1 aliphatic heterocycles. The maximum atomic E-state index is 14.5. The van der Waals surface area contributed by atoms with Gasteiger partial charge in [-0.25, -0.2) is 9.67 Å². The highest BCUT2D eigenvalue weighted by Crippen LogP contribution is 2.23. The molecule has 2 aromatic heterocycles. The van der Waals surface area contributed by atoms with Crippen molar-refractivity contribution < 1.29 is 9.59 Å². The normalized spacial score (nSPS) is 13.5. The molecule has 9 heteroatoms. The summed E-state index contributed by atoms with van der Waals surface area (Å²) in [6.07, 6.45) is 7.64. The van der Waals surface area contributed by atoms with E-state index in [1.54, 1.807) is 32.7 Å². The first-order chi connectivity index (χ1) is 21.4. The van der Waals surface area contributed by atoms with Gasteiger partial charge in [0.2, 0.25) is 11.8 Å². The van der Waals surface area contributed by atoms with Crippen LogP contribution in [0.3, 0.4) is 0 Å². The van der Waals surface area contributed by atoms with Gasteiger partial charge in [-0.05, 0) is 59.9 Å². The molecule has 2 amide bonds. The molecular weight excluding hydrogens is 550 g/mol. The van der Waals surface area contributed by atoms with E-state index in [1.165, 1.54) is 11.9 Å². The van der Waals surface area contributed by atoms with Gasteiger partial charge in [0.15, 0.2) is 0 Å². The Morgan fingerprint density at radius 2 is 1.70 bits per heavy atom. The Morgan fingerprint density at radius 3 is 2.41 bits per heavy atom. The summed E-state index contributed by atoms with van der Waals surface area (Å²) in [5.74, 6) is -0.295. The molecule has 1 atom stereocenters. The summed E-state index contributed by atoms with van der Waals surface area (Å²) in [6.45, 7) is 3.32. The van der Waals surface area contributed by atoms with Crippen LogP contribution in [0.1, 0.15) is 33.6 Å². The number of hydrogen-bond donors (Lipinski definition) is 0. The summed E-state index contributed by atoms with van der Waals surface area (Å²) in [6, 6.07) is 27.2. The molecule has 9 nitrogen and oxygen atoms in total. The molecule has 5 aromatic rings.